The number of ether oxygens (including phenoxy) is 2. The van der Waals surface area contributed by atoms with Crippen LogP contribution in [0.4, 0.5) is 0 Å². The Balaban J connectivity index is 1.70. The number of carbonyl (C=O) groups is 1. The van der Waals surface area contributed by atoms with E-state index in [4.69, 9.17) is 9.47 Å². The second-order valence-electron chi connectivity index (χ2n) is 5.33. The van der Waals surface area contributed by atoms with Crippen LogP contribution >= 0.6 is 0 Å². The molecule has 0 bridgehead atoms. The standard InChI is InChI=1S/C20H19NO3/c1-2-23-20(22)11-8-17-12-16-13-18(9-10-19(16)21-17)24-14-15-6-4-3-5-7-15/h3-13,21H,2,14H2,1H3/b11-8+. The van der Waals surface area contributed by atoms with Crippen LogP contribution in [-0.4, -0.2) is 17.6 Å². The molecular weight excluding hydrogens is 302 g/mol. The second kappa shape index (κ2) is 7.51. The summed E-state index contributed by atoms with van der Waals surface area (Å²) in [5, 5.41) is 1.03. The maximum atomic E-state index is 11.4. The zero-order valence-corrected chi connectivity index (χ0v) is 13.5. The van der Waals surface area contributed by atoms with E-state index >= 15 is 0 Å². The number of hydrogen-bond donors (Lipinski definition) is 1. The Labute approximate surface area is 140 Å². The fourth-order valence-corrected chi connectivity index (χ4v) is 2.40. The highest BCUT2D eigenvalue weighted by atomic mass is 16.5. The lowest BCUT2D eigenvalue weighted by Crippen LogP contribution is -1.98. The number of benzene rings is 2. The van der Waals surface area contributed by atoms with Gasteiger partial charge in [0.15, 0.2) is 0 Å². The quantitative estimate of drug-likeness (QED) is 0.543. The van der Waals surface area contributed by atoms with E-state index in [9.17, 15) is 4.79 Å². The van der Waals surface area contributed by atoms with Crippen molar-refractivity contribution in [2.24, 2.45) is 0 Å². The highest BCUT2D eigenvalue weighted by Crippen LogP contribution is 2.23. The summed E-state index contributed by atoms with van der Waals surface area (Å²) in [5.41, 5.74) is 2.97. The van der Waals surface area contributed by atoms with E-state index in [-0.39, 0.29) is 5.97 Å². The van der Waals surface area contributed by atoms with Crippen molar-refractivity contribution in [1.29, 1.82) is 0 Å². The van der Waals surface area contributed by atoms with Gasteiger partial charge in [-0.15, -0.1) is 0 Å². The highest BCUT2D eigenvalue weighted by Gasteiger charge is 2.02. The average Bonchev–Trinajstić information content (AvgIpc) is 3.01. The first-order chi connectivity index (χ1) is 11.7. The Morgan fingerprint density at radius 3 is 2.75 bits per heavy atom. The minimum atomic E-state index is -0.344. The van der Waals surface area contributed by atoms with Gasteiger partial charge in [-0.3, -0.25) is 0 Å². The Morgan fingerprint density at radius 2 is 1.96 bits per heavy atom. The van der Waals surface area contributed by atoms with E-state index in [1.54, 1.807) is 13.0 Å². The molecule has 4 nitrogen and oxygen atoms in total. The van der Waals surface area contributed by atoms with Gasteiger partial charge in [0.1, 0.15) is 12.4 Å². The van der Waals surface area contributed by atoms with Gasteiger partial charge in [0, 0.05) is 22.7 Å². The number of carbonyl (C=O) groups excluding carboxylic acids is 1. The second-order valence-corrected chi connectivity index (χ2v) is 5.33. The SMILES string of the molecule is CCOC(=O)/C=C/c1cc2cc(OCc3ccccc3)ccc2[nH]1. The Kier molecular flexibility index (Phi) is 4.96. The topological polar surface area (TPSA) is 51.3 Å². The summed E-state index contributed by atoms with van der Waals surface area (Å²) in [4.78, 5) is 14.6. The van der Waals surface area contributed by atoms with Gasteiger partial charge in [0.05, 0.1) is 6.61 Å². The van der Waals surface area contributed by atoms with Crippen molar-refractivity contribution in [3.8, 4) is 5.75 Å². The third-order valence-corrected chi connectivity index (χ3v) is 3.55. The molecule has 3 aromatic rings. The molecule has 0 aliphatic heterocycles. The van der Waals surface area contributed by atoms with Crippen molar-refractivity contribution in [1.82, 2.24) is 4.98 Å². The van der Waals surface area contributed by atoms with Crippen molar-refractivity contribution < 1.29 is 14.3 Å². The molecule has 2 aromatic carbocycles. The molecule has 1 aromatic heterocycles. The summed E-state index contributed by atoms with van der Waals surface area (Å²) < 4.78 is 10.7. The van der Waals surface area contributed by atoms with Gasteiger partial charge in [0.2, 0.25) is 0 Å². The molecular formula is C20H19NO3. The molecule has 0 spiro atoms. The number of rotatable bonds is 6. The molecule has 0 atom stereocenters. The van der Waals surface area contributed by atoms with E-state index in [1.165, 1.54) is 6.08 Å². The van der Waals surface area contributed by atoms with Crippen molar-refractivity contribution in [3.05, 3.63) is 71.9 Å². The molecule has 0 amide bonds. The van der Waals surface area contributed by atoms with Gasteiger partial charge in [-0.05, 0) is 42.8 Å². The largest absolute Gasteiger partial charge is 0.489 e. The molecule has 1 heterocycles. The van der Waals surface area contributed by atoms with Crippen LogP contribution in [0.5, 0.6) is 5.75 Å². The maximum Gasteiger partial charge on any atom is 0.330 e. The number of fused-ring (bicyclic) bond motifs is 1. The van der Waals surface area contributed by atoms with Crippen LogP contribution in [0.2, 0.25) is 0 Å². The van der Waals surface area contributed by atoms with E-state index in [2.05, 4.69) is 4.98 Å². The normalized spacial score (nSPS) is 11.0. The van der Waals surface area contributed by atoms with Gasteiger partial charge in [-0.1, -0.05) is 30.3 Å². The highest BCUT2D eigenvalue weighted by molar-refractivity contribution is 5.89. The maximum absolute atomic E-state index is 11.4. The zero-order chi connectivity index (χ0) is 16.8. The monoisotopic (exact) mass is 321 g/mol. The van der Waals surface area contributed by atoms with Crippen molar-refractivity contribution in [2.75, 3.05) is 6.61 Å². The molecule has 122 valence electrons. The predicted octanol–water partition coefficient (Wildman–Crippen LogP) is 4.32. The van der Waals surface area contributed by atoms with Crippen molar-refractivity contribution in [2.45, 2.75) is 13.5 Å². The summed E-state index contributed by atoms with van der Waals surface area (Å²) in [6, 6.07) is 17.9. The first-order valence-corrected chi connectivity index (χ1v) is 7.89. The number of H-pyrrole nitrogens is 1. The lowest BCUT2D eigenvalue weighted by molar-refractivity contribution is -0.137. The fourth-order valence-electron chi connectivity index (χ4n) is 2.40. The van der Waals surface area contributed by atoms with Crippen LogP contribution in [0.25, 0.3) is 17.0 Å². The first-order valence-electron chi connectivity index (χ1n) is 7.89. The summed E-state index contributed by atoms with van der Waals surface area (Å²) in [7, 11) is 0. The van der Waals surface area contributed by atoms with Gasteiger partial charge in [-0.25, -0.2) is 4.79 Å². The molecule has 0 aliphatic rings. The Bertz CT molecular complexity index is 850. The van der Waals surface area contributed by atoms with Crippen molar-refractivity contribution >= 4 is 22.9 Å². The summed E-state index contributed by atoms with van der Waals surface area (Å²) in [5.74, 6) is 0.467. The van der Waals surface area contributed by atoms with E-state index in [0.29, 0.717) is 13.2 Å². The number of aromatic nitrogens is 1. The number of esters is 1. The number of nitrogens with one attached hydrogen (secondary N) is 1. The average molecular weight is 321 g/mol. The van der Waals surface area contributed by atoms with Gasteiger partial charge < -0.3 is 14.5 Å². The van der Waals surface area contributed by atoms with Crippen LogP contribution in [0.3, 0.4) is 0 Å². The van der Waals surface area contributed by atoms with Gasteiger partial charge in [0.25, 0.3) is 0 Å². The molecule has 4 heteroatoms. The summed E-state index contributed by atoms with van der Waals surface area (Å²) in [6.45, 7) is 2.69. The van der Waals surface area contributed by atoms with E-state index < -0.39 is 0 Å². The molecule has 0 aliphatic carbocycles. The van der Waals surface area contributed by atoms with Gasteiger partial charge >= 0.3 is 5.97 Å². The molecule has 3 rings (SSSR count). The number of aromatic amines is 1. The summed E-state index contributed by atoms with van der Waals surface area (Å²) >= 11 is 0. The molecule has 0 unspecified atom stereocenters. The van der Waals surface area contributed by atoms with Crippen LogP contribution in [0, 0.1) is 0 Å². The van der Waals surface area contributed by atoms with Crippen LogP contribution < -0.4 is 4.74 Å². The molecule has 0 saturated carbocycles. The predicted molar refractivity (Wildman–Crippen MR) is 94.7 cm³/mol. The lowest BCUT2D eigenvalue weighted by atomic mass is 10.2. The van der Waals surface area contributed by atoms with Crippen molar-refractivity contribution in [3.63, 3.8) is 0 Å². The van der Waals surface area contributed by atoms with E-state index in [1.807, 2.05) is 54.6 Å². The van der Waals surface area contributed by atoms with E-state index in [0.717, 1.165) is 27.9 Å². The zero-order valence-electron chi connectivity index (χ0n) is 13.5. The first kappa shape index (κ1) is 15.9. The Hall–Kier alpha value is -3.01. The molecule has 0 saturated heterocycles. The molecule has 0 fully saturated rings. The molecule has 1 N–H and O–H groups in total. The van der Waals surface area contributed by atoms with Crippen LogP contribution in [0.1, 0.15) is 18.2 Å². The van der Waals surface area contributed by atoms with Gasteiger partial charge in [-0.2, -0.15) is 0 Å². The minimum absolute atomic E-state index is 0.344. The third kappa shape index (κ3) is 4.04. The minimum Gasteiger partial charge on any atom is -0.489 e. The summed E-state index contributed by atoms with van der Waals surface area (Å²) in [6.07, 6.45) is 3.13. The molecule has 0 radical (unpaired) electrons. The number of hydrogen-bond acceptors (Lipinski definition) is 3. The Morgan fingerprint density at radius 1 is 1.12 bits per heavy atom. The van der Waals surface area contributed by atoms with Crippen LogP contribution in [0.15, 0.2) is 60.7 Å². The lowest BCUT2D eigenvalue weighted by Gasteiger charge is -2.06. The fraction of sp³-hybridized carbons (Fsp3) is 0.150. The van der Waals surface area contributed by atoms with Crippen LogP contribution in [-0.2, 0) is 16.1 Å². The third-order valence-electron chi connectivity index (χ3n) is 3.55. The molecule has 24 heavy (non-hydrogen) atoms. The smallest absolute Gasteiger partial charge is 0.330 e.